The summed E-state index contributed by atoms with van der Waals surface area (Å²) in [5.74, 6) is 0.300. The van der Waals surface area contributed by atoms with Crippen LogP contribution in [-0.4, -0.2) is 82.3 Å². The van der Waals surface area contributed by atoms with Crippen molar-refractivity contribution in [3.05, 3.63) is 24.3 Å². The second kappa shape index (κ2) is 7.88. The number of benzene rings is 1. The van der Waals surface area contributed by atoms with Crippen LogP contribution < -0.4 is 4.90 Å². The van der Waals surface area contributed by atoms with Gasteiger partial charge >= 0.3 is 0 Å². The van der Waals surface area contributed by atoms with Crippen molar-refractivity contribution < 1.29 is 28.8 Å². The minimum Gasteiger partial charge on any atom is -0.508 e. The fraction of sp³-hybridized carbons (Fsp3) is 0.667. The second-order valence-corrected chi connectivity index (χ2v) is 6.78. The van der Waals surface area contributed by atoms with Crippen LogP contribution in [0.4, 0.5) is 5.69 Å². The first-order valence-electron chi connectivity index (χ1n) is 8.84. The third kappa shape index (κ3) is 6.45. The predicted octanol–water partition coefficient (Wildman–Crippen LogP) is 0.797. The molecule has 4 fully saturated rings. The summed E-state index contributed by atoms with van der Waals surface area (Å²) in [6.07, 6.45) is 1.52. The van der Waals surface area contributed by atoms with Crippen LogP contribution in [-0.2, 0) is 23.7 Å². The number of hydrogen-bond donors (Lipinski definition) is 1. The van der Waals surface area contributed by atoms with Crippen molar-refractivity contribution in [2.75, 3.05) is 57.6 Å². The third-order valence-electron chi connectivity index (χ3n) is 4.28. The van der Waals surface area contributed by atoms with Gasteiger partial charge < -0.3 is 33.7 Å². The average Bonchev–Trinajstić information content (AvgIpc) is 3.46. The molecule has 7 nitrogen and oxygen atoms in total. The summed E-state index contributed by atoms with van der Waals surface area (Å²) >= 11 is 0. The lowest BCUT2D eigenvalue weighted by Crippen LogP contribution is -2.31. The highest BCUT2D eigenvalue weighted by atomic mass is 16.6. The molecule has 4 aliphatic rings. The van der Waals surface area contributed by atoms with E-state index in [-0.39, 0.29) is 0 Å². The fourth-order valence-electron chi connectivity index (χ4n) is 2.45. The Labute approximate surface area is 147 Å². The third-order valence-corrected chi connectivity index (χ3v) is 4.28. The molecule has 5 rings (SSSR count). The van der Waals surface area contributed by atoms with Crippen LogP contribution >= 0.6 is 0 Å². The molecule has 1 N–H and O–H groups in total. The Morgan fingerprint density at radius 3 is 1.64 bits per heavy atom. The summed E-state index contributed by atoms with van der Waals surface area (Å²) < 4.78 is 25.6. The minimum absolute atomic E-state index is 0.300. The minimum atomic E-state index is 0.300. The highest BCUT2D eigenvalue weighted by molar-refractivity contribution is 5.49. The van der Waals surface area contributed by atoms with E-state index in [4.69, 9.17) is 23.7 Å². The number of nitrogens with zero attached hydrogens (tertiary/aromatic N) is 1. The van der Waals surface area contributed by atoms with E-state index in [1.54, 1.807) is 12.1 Å². The molecule has 0 bridgehead atoms. The van der Waals surface area contributed by atoms with Gasteiger partial charge in [0, 0.05) is 18.8 Å². The van der Waals surface area contributed by atoms with Crippen LogP contribution in [0.5, 0.6) is 5.75 Å². The smallest absolute Gasteiger partial charge is 0.115 e. The summed E-state index contributed by atoms with van der Waals surface area (Å²) in [7, 11) is 0. The van der Waals surface area contributed by atoms with E-state index in [2.05, 4.69) is 4.90 Å². The van der Waals surface area contributed by atoms with Crippen molar-refractivity contribution in [1.29, 1.82) is 0 Å². The number of epoxide rings is 4. The zero-order valence-electron chi connectivity index (χ0n) is 14.2. The van der Waals surface area contributed by atoms with Gasteiger partial charge in [-0.2, -0.15) is 0 Å². The standard InChI is InChI=1S/C12H15NO3.C6H10O3/c14-10-3-1-9(2-4-10)13(5-11-7-15-11)6-12-8-16-12;1(5-3-8-5)7-2-6-4-9-6/h1-4,11-12,14H,5-8H2;5-6H,1-4H2. The van der Waals surface area contributed by atoms with Crippen molar-refractivity contribution in [3.63, 3.8) is 0 Å². The van der Waals surface area contributed by atoms with Crippen LogP contribution in [0.2, 0.25) is 0 Å². The van der Waals surface area contributed by atoms with Crippen LogP contribution in [0.15, 0.2) is 24.3 Å². The number of aromatic hydroxyl groups is 1. The highest BCUT2D eigenvalue weighted by Crippen LogP contribution is 2.24. The summed E-state index contributed by atoms with van der Waals surface area (Å²) in [4.78, 5) is 2.26. The van der Waals surface area contributed by atoms with Crippen molar-refractivity contribution in [2.24, 2.45) is 0 Å². The number of phenolic OH excluding ortho intramolecular Hbond substituents is 1. The van der Waals surface area contributed by atoms with Crippen LogP contribution in [0.3, 0.4) is 0 Å². The maximum absolute atomic E-state index is 9.26. The molecular weight excluding hydrogens is 326 g/mol. The number of hydrogen-bond acceptors (Lipinski definition) is 7. The van der Waals surface area contributed by atoms with E-state index >= 15 is 0 Å². The molecule has 0 spiro atoms. The average molecular weight is 351 g/mol. The number of phenols is 1. The Hall–Kier alpha value is -1.38. The van der Waals surface area contributed by atoms with Gasteiger partial charge in [0.1, 0.15) is 18.0 Å². The summed E-state index contributed by atoms with van der Waals surface area (Å²) in [6, 6.07) is 7.29. The Morgan fingerprint density at radius 2 is 1.24 bits per heavy atom. The van der Waals surface area contributed by atoms with Gasteiger partial charge in [0.25, 0.3) is 0 Å². The van der Waals surface area contributed by atoms with Gasteiger partial charge in [0.15, 0.2) is 0 Å². The molecule has 0 aromatic heterocycles. The largest absolute Gasteiger partial charge is 0.508 e. The lowest BCUT2D eigenvalue weighted by molar-refractivity contribution is 0.102. The Kier molecular flexibility index (Phi) is 5.38. The molecule has 1 aromatic rings. The molecule has 4 heterocycles. The SMILES string of the molecule is C(OCC1CO1)C1CO1.Oc1ccc(N(CC2CO2)CC2CO2)cc1. The lowest BCUT2D eigenvalue weighted by Gasteiger charge is -2.23. The summed E-state index contributed by atoms with van der Waals surface area (Å²) in [5, 5.41) is 9.26. The van der Waals surface area contributed by atoms with Gasteiger partial charge in [-0.3, -0.25) is 0 Å². The van der Waals surface area contributed by atoms with E-state index in [1.165, 1.54) is 0 Å². The van der Waals surface area contributed by atoms with E-state index in [0.717, 1.165) is 58.4 Å². The van der Waals surface area contributed by atoms with Crippen molar-refractivity contribution in [1.82, 2.24) is 0 Å². The molecule has 0 saturated carbocycles. The van der Waals surface area contributed by atoms with Crippen molar-refractivity contribution in [2.45, 2.75) is 24.4 Å². The molecule has 7 heteroatoms. The Morgan fingerprint density at radius 1 is 0.800 bits per heavy atom. The second-order valence-electron chi connectivity index (χ2n) is 6.78. The summed E-state index contributed by atoms with van der Waals surface area (Å²) in [5.41, 5.74) is 1.11. The number of anilines is 1. The molecule has 4 unspecified atom stereocenters. The molecule has 4 aliphatic heterocycles. The maximum atomic E-state index is 9.26. The molecular formula is C18H25NO6. The highest BCUT2D eigenvalue weighted by Gasteiger charge is 2.30. The molecule has 138 valence electrons. The maximum Gasteiger partial charge on any atom is 0.115 e. The Bertz CT molecular complexity index is 511. The van der Waals surface area contributed by atoms with E-state index in [0.29, 0.717) is 30.2 Å². The van der Waals surface area contributed by atoms with Gasteiger partial charge in [-0.25, -0.2) is 0 Å². The first kappa shape index (κ1) is 17.1. The van der Waals surface area contributed by atoms with Gasteiger partial charge in [-0.15, -0.1) is 0 Å². The molecule has 1 aromatic carbocycles. The molecule has 0 amide bonds. The van der Waals surface area contributed by atoms with Crippen LogP contribution in [0.1, 0.15) is 0 Å². The fourth-order valence-corrected chi connectivity index (χ4v) is 2.45. The molecule has 0 radical (unpaired) electrons. The van der Waals surface area contributed by atoms with Gasteiger partial charge in [-0.05, 0) is 24.3 Å². The monoisotopic (exact) mass is 351 g/mol. The molecule has 0 aliphatic carbocycles. The van der Waals surface area contributed by atoms with E-state index in [1.807, 2.05) is 12.1 Å². The molecule has 4 atom stereocenters. The van der Waals surface area contributed by atoms with Crippen molar-refractivity contribution in [3.8, 4) is 5.75 Å². The zero-order valence-corrected chi connectivity index (χ0v) is 14.2. The first-order chi connectivity index (χ1) is 12.3. The first-order valence-corrected chi connectivity index (χ1v) is 8.84. The van der Waals surface area contributed by atoms with Crippen LogP contribution in [0.25, 0.3) is 0 Å². The van der Waals surface area contributed by atoms with Crippen LogP contribution in [0, 0.1) is 0 Å². The van der Waals surface area contributed by atoms with Gasteiger partial charge in [0.2, 0.25) is 0 Å². The van der Waals surface area contributed by atoms with E-state index < -0.39 is 0 Å². The molecule has 4 saturated heterocycles. The van der Waals surface area contributed by atoms with E-state index in [9.17, 15) is 5.11 Å². The van der Waals surface area contributed by atoms with Gasteiger partial charge in [0.05, 0.1) is 51.8 Å². The molecule has 25 heavy (non-hydrogen) atoms. The lowest BCUT2D eigenvalue weighted by atomic mass is 10.2. The Balaban J connectivity index is 0.000000147. The number of rotatable bonds is 9. The number of ether oxygens (including phenoxy) is 5. The predicted molar refractivity (Wildman–Crippen MR) is 90.1 cm³/mol. The summed E-state index contributed by atoms with van der Waals surface area (Å²) in [6.45, 7) is 6.80. The normalized spacial score (nSPS) is 30.9. The topological polar surface area (TPSA) is 82.8 Å². The van der Waals surface area contributed by atoms with Crippen molar-refractivity contribution >= 4 is 5.69 Å². The zero-order chi connectivity index (χ0) is 17.1. The quantitative estimate of drug-likeness (QED) is 0.659. The van der Waals surface area contributed by atoms with Gasteiger partial charge in [-0.1, -0.05) is 0 Å².